The monoisotopic (exact) mass is 177 g/mol. The molecule has 0 unspecified atom stereocenters. The summed E-state index contributed by atoms with van der Waals surface area (Å²) >= 11 is 0. The van der Waals surface area contributed by atoms with Crippen LogP contribution >= 0.6 is 0 Å². The van der Waals surface area contributed by atoms with Crippen LogP contribution < -0.4 is 0 Å². The summed E-state index contributed by atoms with van der Waals surface area (Å²) in [6, 6.07) is 3.90. The van der Waals surface area contributed by atoms with Crippen molar-refractivity contribution in [1.82, 2.24) is 4.98 Å². The Balaban J connectivity index is 3.19. The number of carbonyl (C=O) groups is 1. The number of Topliss-reactive ketones (excluding diaryl/α,β-unsaturated/α-hetero) is 1. The summed E-state index contributed by atoms with van der Waals surface area (Å²) in [4.78, 5) is 15.3. The third kappa shape index (κ3) is 2.38. The van der Waals surface area contributed by atoms with Crippen LogP contribution in [0.4, 0.5) is 0 Å². The van der Waals surface area contributed by atoms with Gasteiger partial charge in [-0.15, -0.1) is 0 Å². The van der Waals surface area contributed by atoms with E-state index in [1.165, 1.54) is 5.56 Å². The van der Waals surface area contributed by atoms with E-state index in [2.05, 4.69) is 18.8 Å². The Morgan fingerprint density at radius 2 is 2.00 bits per heavy atom. The van der Waals surface area contributed by atoms with Gasteiger partial charge in [0.05, 0.1) is 0 Å². The number of nitrogens with zero attached hydrogens (tertiary/aromatic N) is 1. The lowest BCUT2D eigenvalue weighted by Crippen LogP contribution is -2.01. The van der Waals surface area contributed by atoms with Gasteiger partial charge in [0.1, 0.15) is 5.69 Å². The third-order valence-electron chi connectivity index (χ3n) is 2.00. The van der Waals surface area contributed by atoms with E-state index in [-0.39, 0.29) is 5.78 Å². The second kappa shape index (κ2) is 3.69. The summed E-state index contributed by atoms with van der Waals surface area (Å²) in [7, 11) is 0. The van der Waals surface area contributed by atoms with Crippen molar-refractivity contribution in [2.75, 3.05) is 0 Å². The van der Waals surface area contributed by atoms with Crippen molar-refractivity contribution in [3.63, 3.8) is 0 Å². The molecule has 70 valence electrons. The maximum absolute atomic E-state index is 11.1. The van der Waals surface area contributed by atoms with E-state index in [1.54, 1.807) is 6.92 Å². The van der Waals surface area contributed by atoms with Crippen molar-refractivity contribution in [2.24, 2.45) is 0 Å². The predicted octanol–water partition coefficient (Wildman–Crippen LogP) is 2.72. The van der Waals surface area contributed by atoms with Gasteiger partial charge in [0.15, 0.2) is 5.78 Å². The molecule has 1 rings (SSSR count). The van der Waals surface area contributed by atoms with E-state index in [4.69, 9.17) is 0 Å². The molecule has 0 saturated carbocycles. The van der Waals surface area contributed by atoms with Crippen LogP contribution in [0, 0.1) is 6.92 Å². The van der Waals surface area contributed by atoms with E-state index in [1.807, 2.05) is 19.1 Å². The fourth-order valence-corrected chi connectivity index (χ4v) is 1.21. The van der Waals surface area contributed by atoms with Crippen LogP contribution in [0.25, 0.3) is 0 Å². The van der Waals surface area contributed by atoms with Crippen molar-refractivity contribution < 1.29 is 4.79 Å². The zero-order valence-electron chi connectivity index (χ0n) is 8.59. The average molecular weight is 177 g/mol. The first kappa shape index (κ1) is 9.90. The lowest BCUT2D eigenvalue weighted by Gasteiger charge is -2.07. The number of aromatic nitrogens is 1. The zero-order valence-corrected chi connectivity index (χ0v) is 8.59. The van der Waals surface area contributed by atoms with Crippen LogP contribution in [0.5, 0.6) is 0 Å². The van der Waals surface area contributed by atoms with E-state index in [9.17, 15) is 4.79 Å². The average Bonchev–Trinajstić information content (AvgIpc) is 2.03. The molecule has 2 heteroatoms. The first-order chi connectivity index (χ1) is 6.00. The topological polar surface area (TPSA) is 30.0 Å². The summed E-state index contributed by atoms with van der Waals surface area (Å²) in [5, 5.41) is 0. The quantitative estimate of drug-likeness (QED) is 0.650. The van der Waals surface area contributed by atoms with Gasteiger partial charge in [-0.1, -0.05) is 13.8 Å². The molecule has 13 heavy (non-hydrogen) atoms. The molecule has 0 atom stereocenters. The van der Waals surface area contributed by atoms with E-state index >= 15 is 0 Å². The molecule has 1 heterocycles. The van der Waals surface area contributed by atoms with Crippen molar-refractivity contribution in [3.05, 3.63) is 29.1 Å². The molecule has 0 aliphatic heterocycles. The number of hydrogen-bond donors (Lipinski definition) is 0. The Labute approximate surface area is 79.0 Å². The summed E-state index contributed by atoms with van der Waals surface area (Å²) in [6.07, 6.45) is 0. The number of aryl methyl sites for hydroxylation is 1. The summed E-state index contributed by atoms with van der Waals surface area (Å²) < 4.78 is 0. The molecule has 1 aromatic rings. The highest BCUT2D eigenvalue weighted by molar-refractivity contribution is 5.92. The molecular formula is C11H15NO. The highest BCUT2D eigenvalue weighted by atomic mass is 16.1. The van der Waals surface area contributed by atoms with Gasteiger partial charge in [0, 0.05) is 12.6 Å². The Bertz CT molecular complexity index is 329. The maximum Gasteiger partial charge on any atom is 0.178 e. The molecule has 2 nitrogen and oxygen atoms in total. The fraction of sp³-hybridized carbons (Fsp3) is 0.455. The van der Waals surface area contributed by atoms with E-state index in [0.717, 1.165) is 5.69 Å². The molecule has 0 radical (unpaired) electrons. The van der Waals surface area contributed by atoms with Gasteiger partial charge in [-0.25, -0.2) is 0 Å². The Morgan fingerprint density at radius 3 is 2.46 bits per heavy atom. The van der Waals surface area contributed by atoms with Gasteiger partial charge >= 0.3 is 0 Å². The van der Waals surface area contributed by atoms with E-state index in [0.29, 0.717) is 11.6 Å². The summed E-state index contributed by atoms with van der Waals surface area (Å²) in [5.74, 6) is 0.477. The molecule has 0 amide bonds. The normalized spacial score (nSPS) is 10.5. The zero-order chi connectivity index (χ0) is 10.0. The van der Waals surface area contributed by atoms with E-state index < -0.39 is 0 Å². The van der Waals surface area contributed by atoms with Crippen molar-refractivity contribution >= 4 is 5.78 Å². The molecule has 1 aromatic heterocycles. The lowest BCUT2D eigenvalue weighted by molar-refractivity contribution is 0.101. The van der Waals surface area contributed by atoms with Gasteiger partial charge in [-0.3, -0.25) is 9.78 Å². The van der Waals surface area contributed by atoms with Crippen molar-refractivity contribution in [3.8, 4) is 0 Å². The molecule has 0 fully saturated rings. The smallest absolute Gasteiger partial charge is 0.178 e. The van der Waals surface area contributed by atoms with Crippen molar-refractivity contribution in [2.45, 2.75) is 33.6 Å². The molecule has 0 spiro atoms. The molecule has 0 aliphatic carbocycles. The minimum Gasteiger partial charge on any atom is -0.293 e. The third-order valence-corrected chi connectivity index (χ3v) is 2.00. The highest BCUT2D eigenvalue weighted by Crippen LogP contribution is 2.16. The number of rotatable bonds is 2. The minimum absolute atomic E-state index is 0.0330. The standard InChI is InChI=1S/C11H15NO/c1-7(2)10-5-8(3)12-11(6-10)9(4)13/h5-7H,1-4H3. The number of ketones is 1. The van der Waals surface area contributed by atoms with Gasteiger partial charge in [0.2, 0.25) is 0 Å². The Hall–Kier alpha value is -1.18. The first-order valence-electron chi connectivity index (χ1n) is 4.50. The number of hydrogen-bond acceptors (Lipinski definition) is 2. The Morgan fingerprint density at radius 1 is 1.38 bits per heavy atom. The predicted molar refractivity (Wildman–Crippen MR) is 53.1 cm³/mol. The molecule has 0 aliphatic rings. The van der Waals surface area contributed by atoms with Gasteiger partial charge in [-0.2, -0.15) is 0 Å². The second-order valence-corrected chi connectivity index (χ2v) is 3.64. The van der Waals surface area contributed by atoms with Crippen molar-refractivity contribution in [1.29, 1.82) is 0 Å². The van der Waals surface area contributed by atoms with Crippen LogP contribution in [0.1, 0.15) is 48.4 Å². The van der Waals surface area contributed by atoms with Crippen LogP contribution in [-0.4, -0.2) is 10.8 Å². The molecular weight excluding hydrogens is 162 g/mol. The second-order valence-electron chi connectivity index (χ2n) is 3.64. The maximum atomic E-state index is 11.1. The number of pyridine rings is 1. The molecule has 0 bridgehead atoms. The van der Waals surface area contributed by atoms with Crippen LogP contribution in [0.15, 0.2) is 12.1 Å². The van der Waals surface area contributed by atoms with Crippen LogP contribution in [0.3, 0.4) is 0 Å². The first-order valence-corrected chi connectivity index (χ1v) is 4.50. The summed E-state index contributed by atoms with van der Waals surface area (Å²) in [5.41, 5.74) is 2.66. The Kier molecular flexibility index (Phi) is 2.81. The molecule has 0 aromatic carbocycles. The molecule has 0 N–H and O–H groups in total. The summed E-state index contributed by atoms with van der Waals surface area (Å²) in [6.45, 7) is 7.68. The largest absolute Gasteiger partial charge is 0.293 e. The number of carbonyl (C=O) groups excluding carboxylic acids is 1. The highest BCUT2D eigenvalue weighted by Gasteiger charge is 2.06. The van der Waals surface area contributed by atoms with Gasteiger partial charge in [0.25, 0.3) is 0 Å². The molecule has 0 saturated heterocycles. The lowest BCUT2D eigenvalue weighted by atomic mass is 10.0. The fourth-order valence-electron chi connectivity index (χ4n) is 1.21. The van der Waals surface area contributed by atoms with Gasteiger partial charge in [-0.05, 0) is 30.5 Å². The minimum atomic E-state index is 0.0330. The van der Waals surface area contributed by atoms with Gasteiger partial charge < -0.3 is 0 Å². The van der Waals surface area contributed by atoms with Crippen LogP contribution in [0.2, 0.25) is 0 Å². The van der Waals surface area contributed by atoms with Crippen LogP contribution in [-0.2, 0) is 0 Å². The SMILES string of the molecule is CC(=O)c1cc(C(C)C)cc(C)n1.